The molecule has 0 unspecified atom stereocenters. The third-order valence-electron chi connectivity index (χ3n) is 2.39. The third-order valence-corrected chi connectivity index (χ3v) is 2.39. The van der Waals surface area contributed by atoms with Gasteiger partial charge in [0, 0.05) is 23.6 Å². The van der Waals surface area contributed by atoms with Gasteiger partial charge in [0.05, 0.1) is 6.42 Å². The Bertz CT molecular complexity index is 595. The Morgan fingerprint density at radius 1 is 1.35 bits per heavy atom. The number of nitrogens with zero attached hydrogens (tertiary/aromatic N) is 1. The highest BCUT2D eigenvalue weighted by Gasteiger charge is 2.06. The summed E-state index contributed by atoms with van der Waals surface area (Å²) < 4.78 is 5.03. The Balaban J connectivity index is 1.93. The van der Waals surface area contributed by atoms with Gasteiger partial charge in [-0.2, -0.15) is 5.10 Å². The molecule has 0 saturated heterocycles. The number of hydrogen-bond acceptors (Lipinski definition) is 4. The van der Waals surface area contributed by atoms with E-state index < -0.39 is 12.6 Å². The van der Waals surface area contributed by atoms with E-state index in [0.717, 1.165) is 0 Å². The van der Waals surface area contributed by atoms with E-state index in [1.807, 2.05) is 0 Å². The molecule has 1 amide bonds. The Hall–Kier alpha value is -2.83. The SMILES string of the molecule is O=C(O)COc1cccc(NC(=O)Cc2ccn[nH]2)c1. The second-order valence-electron chi connectivity index (χ2n) is 4.02. The number of carbonyl (C=O) groups is 2. The summed E-state index contributed by atoms with van der Waals surface area (Å²) >= 11 is 0. The number of carbonyl (C=O) groups excluding carboxylic acids is 1. The van der Waals surface area contributed by atoms with Gasteiger partial charge in [-0.1, -0.05) is 6.07 Å². The molecule has 1 heterocycles. The van der Waals surface area contributed by atoms with E-state index in [1.165, 1.54) is 0 Å². The molecule has 0 aliphatic carbocycles. The van der Waals surface area contributed by atoms with E-state index in [9.17, 15) is 9.59 Å². The van der Waals surface area contributed by atoms with Crippen molar-refractivity contribution >= 4 is 17.6 Å². The van der Waals surface area contributed by atoms with Crippen molar-refractivity contribution in [1.29, 1.82) is 0 Å². The maximum atomic E-state index is 11.8. The first-order valence-electron chi connectivity index (χ1n) is 5.86. The monoisotopic (exact) mass is 275 g/mol. The molecule has 1 aromatic carbocycles. The molecule has 7 nitrogen and oxygen atoms in total. The lowest BCUT2D eigenvalue weighted by Crippen LogP contribution is -2.15. The van der Waals surface area contributed by atoms with Crippen LogP contribution in [0.1, 0.15) is 5.69 Å². The second-order valence-corrected chi connectivity index (χ2v) is 4.02. The smallest absolute Gasteiger partial charge is 0.341 e. The first-order valence-corrected chi connectivity index (χ1v) is 5.86. The molecule has 2 rings (SSSR count). The highest BCUT2D eigenvalue weighted by molar-refractivity contribution is 5.92. The van der Waals surface area contributed by atoms with E-state index in [0.29, 0.717) is 17.1 Å². The third kappa shape index (κ3) is 4.13. The summed E-state index contributed by atoms with van der Waals surface area (Å²) in [7, 11) is 0. The summed E-state index contributed by atoms with van der Waals surface area (Å²) in [6, 6.07) is 8.26. The van der Waals surface area contributed by atoms with Crippen LogP contribution in [0, 0.1) is 0 Å². The molecule has 0 radical (unpaired) electrons. The van der Waals surface area contributed by atoms with Gasteiger partial charge in [-0.05, 0) is 18.2 Å². The van der Waals surface area contributed by atoms with Gasteiger partial charge in [-0.15, -0.1) is 0 Å². The standard InChI is InChI=1S/C13H13N3O4/c17-12(7-10-4-5-14-16-10)15-9-2-1-3-11(6-9)20-8-13(18)19/h1-6H,7-8H2,(H,14,16)(H,15,17)(H,18,19). The van der Waals surface area contributed by atoms with Crippen LogP contribution in [0.15, 0.2) is 36.5 Å². The molecule has 0 fully saturated rings. The molecule has 2 aromatic rings. The molecule has 0 aliphatic rings. The highest BCUT2D eigenvalue weighted by Crippen LogP contribution is 2.17. The zero-order valence-corrected chi connectivity index (χ0v) is 10.5. The number of rotatable bonds is 6. The number of nitrogens with one attached hydrogen (secondary N) is 2. The minimum absolute atomic E-state index is 0.181. The zero-order valence-electron chi connectivity index (χ0n) is 10.5. The Labute approximate surface area is 114 Å². The van der Waals surface area contributed by atoms with Crippen molar-refractivity contribution in [3.8, 4) is 5.75 Å². The fourth-order valence-corrected chi connectivity index (χ4v) is 1.57. The molecule has 20 heavy (non-hydrogen) atoms. The summed E-state index contributed by atoms with van der Waals surface area (Å²) in [4.78, 5) is 22.2. The van der Waals surface area contributed by atoms with Crippen LogP contribution < -0.4 is 10.1 Å². The van der Waals surface area contributed by atoms with Crippen molar-refractivity contribution in [3.63, 3.8) is 0 Å². The highest BCUT2D eigenvalue weighted by atomic mass is 16.5. The van der Waals surface area contributed by atoms with Gasteiger partial charge in [0.1, 0.15) is 5.75 Å². The molecular formula is C13H13N3O4. The predicted molar refractivity (Wildman–Crippen MR) is 70.5 cm³/mol. The normalized spacial score (nSPS) is 10.0. The number of aliphatic carboxylic acids is 1. The molecule has 7 heteroatoms. The fraction of sp³-hybridized carbons (Fsp3) is 0.154. The first kappa shape index (κ1) is 13.6. The molecule has 0 spiro atoms. The summed E-state index contributed by atoms with van der Waals surface area (Å²) in [5.41, 5.74) is 1.25. The number of carboxylic acids is 1. The molecular weight excluding hydrogens is 262 g/mol. The van der Waals surface area contributed by atoms with Crippen molar-refractivity contribution in [2.45, 2.75) is 6.42 Å². The Morgan fingerprint density at radius 3 is 2.90 bits per heavy atom. The number of ether oxygens (including phenoxy) is 1. The first-order chi connectivity index (χ1) is 9.63. The topological polar surface area (TPSA) is 104 Å². The summed E-state index contributed by atoms with van der Waals surface area (Å²) in [5.74, 6) is -0.880. The lowest BCUT2D eigenvalue weighted by atomic mass is 10.2. The van der Waals surface area contributed by atoms with Crippen molar-refractivity contribution in [1.82, 2.24) is 10.2 Å². The van der Waals surface area contributed by atoms with Crippen LogP contribution in [0.2, 0.25) is 0 Å². The van der Waals surface area contributed by atoms with E-state index >= 15 is 0 Å². The van der Waals surface area contributed by atoms with E-state index in [-0.39, 0.29) is 12.3 Å². The molecule has 0 saturated carbocycles. The lowest BCUT2D eigenvalue weighted by Gasteiger charge is -2.07. The van der Waals surface area contributed by atoms with E-state index in [1.54, 1.807) is 36.5 Å². The maximum absolute atomic E-state index is 11.8. The lowest BCUT2D eigenvalue weighted by molar-refractivity contribution is -0.139. The number of hydrogen-bond donors (Lipinski definition) is 3. The summed E-state index contributed by atoms with van der Waals surface area (Å²) in [6.45, 7) is -0.425. The van der Waals surface area contributed by atoms with Crippen LogP contribution in [-0.4, -0.2) is 33.8 Å². The van der Waals surface area contributed by atoms with Crippen LogP contribution in [0.4, 0.5) is 5.69 Å². The minimum Gasteiger partial charge on any atom is -0.482 e. The van der Waals surface area contributed by atoms with Crippen molar-refractivity contribution in [2.75, 3.05) is 11.9 Å². The van der Waals surface area contributed by atoms with Crippen LogP contribution >= 0.6 is 0 Å². The average molecular weight is 275 g/mol. The van der Waals surface area contributed by atoms with Crippen molar-refractivity contribution in [3.05, 3.63) is 42.2 Å². The Kier molecular flexibility index (Phi) is 4.33. The fourth-order valence-electron chi connectivity index (χ4n) is 1.57. The van der Waals surface area contributed by atoms with Crippen LogP contribution in [0.5, 0.6) is 5.75 Å². The molecule has 0 atom stereocenters. The number of carboxylic acid groups (broad SMARTS) is 1. The van der Waals surface area contributed by atoms with Crippen LogP contribution in [0.25, 0.3) is 0 Å². The largest absolute Gasteiger partial charge is 0.482 e. The van der Waals surface area contributed by atoms with Gasteiger partial charge >= 0.3 is 5.97 Å². The van der Waals surface area contributed by atoms with Gasteiger partial charge in [0.25, 0.3) is 0 Å². The molecule has 3 N–H and O–H groups in total. The quantitative estimate of drug-likeness (QED) is 0.731. The zero-order chi connectivity index (χ0) is 14.4. The van der Waals surface area contributed by atoms with E-state index in [2.05, 4.69) is 15.5 Å². The van der Waals surface area contributed by atoms with Gasteiger partial charge in [-0.25, -0.2) is 4.79 Å². The van der Waals surface area contributed by atoms with Crippen LogP contribution in [0.3, 0.4) is 0 Å². The van der Waals surface area contributed by atoms with Gasteiger partial charge in [0.2, 0.25) is 5.91 Å². The number of H-pyrrole nitrogens is 1. The molecule has 1 aromatic heterocycles. The maximum Gasteiger partial charge on any atom is 0.341 e. The number of amides is 1. The van der Waals surface area contributed by atoms with Crippen LogP contribution in [-0.2, 0) is 16.0 Å². The number of anilines is 1. The molecule has 104 valence electrons. The number of benzene rings is 1. The summed E-state index contributed by atoms with van der Waals surface area (Å²) in [6.07, 6.45) is 1.75. The van der Waals surface area contributed by atoms with Crippen molar-refractivity contribution in [2.24, 2.45) is 0 Å². The number of aromatic amines is 1. The predicted octanol–water partition coefficient (Wildman–Crippen LogP) is 1.05. The van der Waals surface area contributed by atoms with Crippen molar-refractivity contribution < 1.29 is 19.4 Å². The van der Waals surface area contributed by atoms with E-state index in [4.69, 9.17) is 9.84 Å². The minimum atomic E-state index is -1.06. The molecule has 0 bridgehead atoms. The number of aromatic nitrogens is 2. The van der Waals surface area contributed by atoms with Gasteiger partial charge < -0.3 is 15.2 Å². The van der Waals surface area contributed by atoms with Gasteiger partial charge in [-0.3, -0.25) is 9.89 Å². The second kappa shape index (κ2) is 6.37. The van der Waals surface area contributed by atoms with Gasteiger partial charge in [0.15, 0.2) is 6.61 Å². The Morgan fingerprint density at radius 2 is 2.20 bits per heavy atom. The summed E-state index contributed by atoms with van der Waals surface area (Å²) in [5, 5.41) is 17.7. The average Bonchev–Trinajstić information content (AvgIpc) is 2.89. The molecule has 0 aliphatic heterocycles.